The number of carbonyl (C=O) groups is 1. The molecule has 1 aliphatic heterocycles. The van der Waals surface area contributed by atoms with Crippen LogP contribution in [0.3, 0.4) is 0 Å². The Labute approximate surface area is 234 Å². The second-order valence-electron chi connectivity index (χ2n) is 10.3. The first kappa shape index (κ1) is 25.4. The minimum atomic E-state index is 0.0982. The van der Waals surface area contributed by atoms with E-state index in [0.717, 1.165) is 71.9 Å². The van der Waals surface area contributed by atoms with Gasteiger partial charge in [0, 0.05) is 61.9 Å². The average molecular weight is 538 g/mol. The van der Waals surface area contributed by atoms with Gasteiger partial charge >= 0.3 is 0 Å². The van der Waals surface area contributed by atoms with Crippen molar-refractivity contribution in [3.05, 3.63) is 113 Å². The lowest BCUT2D eigenvalue weighted by Crippen LogP contribution is -2.47. The monoisotopic (exact) mass is 537 g/mol. The number of rotatable bonds is 7. The normalized spacial score (nSPS) is 14.3. The topological polar surface area (TPSA) is 46.3 Å². The van der Waals surface area contributed by atoms with Crippen LogP contribution in [0, 0.1) is 0 Å². The first-order chi connectivity index (χ1) is 19.0. The Hall–Kier alpha value is -3.87. The molecule has 6 rings (SSSR count). The Morgan fingerprint density at radius 2 is 1.67 bits per heavy atom. The van der Waals surface area contributed by atoms with Crippen LogP contribution in [0.4, 0.5) is 0 Å². The standard InChI is InChI=1S/C32H32ClN5O/c1-35-15-17-37(18-16-35)32(39)31-22-36(21-30(31)29-8-4-6-25-5-2-3-7-28(25)29)20-27-19-34-23-38(27)14-13-24-9-11-26(33)12-10-24/h2-12,19,21-23H,13-18,20H2,1H3. The largest absolute Gasteiger partial charge is 0.347 e. The number of hydrogen-bond acceptors (Lipinski definition) is 3. The Kier molecular flexibility index (Phi) is 7.22. The van der Waals surface area contributed by atoms with E-state index in [2.05, 4.69) is 86.9 Å². The minimum Gasteiger partial charge on any atom is -0.347 e. The summed E-state index contributed by atoms with van der Waals surface area (Å²) < 4.78 is 4.32. The zero-order valence-corrected chi connectivity index (χ0v) is 22.9. The van der Waals surface area contributed by atoms with Gasteiger partial charge in [0.25, 0.3) is 5.91 Å². The van der Waals surface area contributed by atoms with Gasteiger partial charge in [-0.2, -0.15) is 0 Å². The number of aromatic nitrogens is 3. The third kappa shape index (κ3) is 5.49. The van der Waals surface area contributed by atoms with Gasteiger partial charge in [0.1, 0.15) is 0 Å². The summed E-state index contributed by atoms with van der Waals surface area (Å²) in [6.45, 7) is 4.72. The van der Waals surface area contributed by atoms with Crippen molar-refractivity contribution in [3.63, 3.8) is 0 Å². The number of amides is 1. The number of hydrogen-bond donors (Lipinski definition) is 0. The van der Waals surface area contributed by atoms with E-state index in [1.165, 1.54) is 10.9 Å². The number of likely N-dealkylation sites (N-methyl/N-ethyl adjacent to an activating group) is 1. The molecule has 2 aromatic heterocycles. The third-order valence-corrected chi connectivity index (χ3v) is 7.93. The molecule has 1 fully saturated rings. The van der Waals surface area contributed by atoms with Crippen molar-refractivity contribution >= 4 is 28.3 Å². The summed E-state index contributed by atoms with van der Waals surface area (Å²) in [5.41, 5.74) is 5.15. The molecule has 0 unspecified atom stereocenters. The molecular weight excluding hydrogens is 506 g/mol. The maximum atomic E-state index is 13.9. The molecule has 1 saturated heterocycles. The van der Waals surface area contributed by atoms with Crippen molar-refractivity contribution < 1.29 is 4.79 Å². The molecule has 0 N–H and O–H groups in total. The average Bonchev–Trinajstić information content (AvgIpc) is 3.59. The van der Waals surface area contributed by atoms with Crippen LogP contribution < -0.4 is 0 Å². The molecule has 3 aromatic carbocycles. The third-order valence-electron chi connectivity index (χ3n) is 7.68. The summed E-state index contributed by atoms with van der Waals surface area (Å²) in [5, 5.41) is 3.07. The summed E-state index contributed by atoms with van der Waals surface area (Å²) in [7, 11) is 2.11. The quantitative estimate of drug-likeness (QED) is 0.262. The number of imidazole rings is 1. The fraction of sp³-hybridized carbons (Fsp3) is 0.250. The smallest absolute Gasteiger partial charge is 0.256 e. The molecule has 0 atom stereocenters. The fourth-order valence-electron chi connectivity index (χ4n) is 5.39. The van der Waals surface area contributed by atoms with Crippen molar-refractivity contribution in [2.24, 2.45) is 0 Å². The molecule has 0 spiro atoms. The lowest BCUT2D eigenvalue weighted by atomic mass is 9.97. The molecule has 0 bridgehead atoms. The van der Waals surface area contributed by atoms with E-state index < -0.39 is 0 Å². The summed E-state index contributed by atoms with van der Waals surface area (Å²) in [4.78, 5) is 22.6. The fourth-order valence-corrected chi connectivity index (χ4v) is 5.52. The Balaban J connectivity index is 1.32. The molecule has 3 heterocycles. The van der Waals surface area contributed by atoms with Gasteiger partial charge in [-0.05, 0) is 47.5 Å². The van der Waals surface area contributed by atoms with E-state index in [1.807, 2.05) is 35.8 Å². The molecule has 0 aliphatic carbocycles. The van der Waals surface area contributed by atoms with Crippen LogP contribution >= 0.6 is 11.6 Å². The predicted molar refractivity (Wildman–Crippen MR) is 157 cm³/mol. The molecule has 6 nitrogen and oxygen atoms in total. The molecule has 7 heteroatoms. The maximum Gasteiger partial charge on any atom is 0.256 e. The van der Waals surface area contributed by atoms with Crippen LogP contribution in [0.25, 0.3) is 21.9 Å². The first-order valence-electron chi connectivity index (χ1n) is 13.4. The molecule has 1 amide bonds. The van der Waals surface area contributed by atoms with Crippen LogP contribution in [-0.2, 0) is 19.5 Å². The number of aryl methyl sites for hydroxylation is 2. The number of piperazine rings is 1. The SMILES string of the molecule is CN1CCN(C(=O)c2cn(Cc3cncn3CCc3ccc(Cl)cc3)cc2-c2cccc3ccccc23)CC1. The van der Waals surface area contributed by atoms with Crippen LogP contribution in [0.1, 0.15) is 21.6 Å². The summed E-state index contributed by atoms with van der Waals surface area (Å²) >= 11 is 6.05. The zero-order valence-electron chi connectivity index (χ0n) is 22.1. The van der Waals surface area contributed by atoms with Crippen molar-refractivity contribution in [2.45, 2.75) is 19.5 Å². The van der Waals surface area contributed by atoms with E-state index in [1.54, 1.807) is 0 Å². The molecule has 5 aromatic rings. The molecule has 198 valence electrons. The Bertz CT molecular complexity index is 1590. The maximum absolute atomic E-state index is 13.9. The predicted octanol–water partition coefficient (Wildman–Crippen LogP) is 5.84. The Morgan fingerprint density at radius 3 is 2.49 bits per heavy atom. The van der Waals surface area contributed by atoms with Crippen molar-refractivity contribution in [1.82, 2.24) is 23.9 Å². The van der Waals surface area contributed by atoms with Crippen LogP contribution in [0.15, 0.2) is 91.6 Å². The van der Waals surface area contributed by atoms with Gasteiger partial charge in [-0.1, -0.05) is 66.2 Å². The van der Waals surface area contributed by atoms with Crippen molar-refractivity contribution in [1.29, 1.82) is 0 Å². The van der Waals surface area contributed by atoms with E-state index in [9.17, 15) is 4.79 Å². The van der Waals surface area contributed by atoms with Gasteiger partial charge < -0.3 is 18.9 Å². The van der Waals surface area contributed by atoms with E-state index in [0.29, 0.717) is 6.54 Å². The second-order valence-corrected chi connectivity index (χ2v) is 10.8. The van der Waals surface area contributed by atoms with Crippen molar-refractivity contribution in [2.75, 3.05) is 33.2 Å². The van der Waals surface area contributed by atoms with Crippen molar-refractivity contribution in [3.8, 4) is 11.1 Å². The van der Waals surface area contributed by atoms with Gasteiger partial charge in [0.2, 0.25) is 0 Å². The highest BCUT2D eigenvalue weighted by Gasteiger charge is 2.25. The first-order valence-corrected chi connectivity index (χ1v) is 13.8. The number of nitrogens with zero attached hydrogens (tertiary/aromatic N) is 5. The highest BCUT2D eigenvalue weighted by molar-refractivity contribution is 6.30. The number of halogens is 1. The van der Waals surface area contributed by atoms with E-state index >= 15 is 0 Å². The van der Waals surface area contributed by atoms with Crippen LogP contribution in [0.2, 0.25) is 5.02 Å². The van der Waals surface area contributed by atoms with Gasteiger partial charge in [-0.25, -0.2) is 4.98 Å². The molecule has 0 radical (unpaired) electrons. The minimum absolute atomic E-state index is 0.0982. The molecule has 0 saturated carbocycles. The van der Waals surface area contributed by atoms with Gasteiger partial charge in [0.05, 0.1) is 24.1 Å². The highest BCUT2D eigenvalue weighted by Crippen LogP contribution is 2.33. The molecule has 1 aliphatic rings. The summed E-state index contributed by atoms with van der Waals surface area (Å²) in [5.74, 6) is 0.0982. The molecule has 39 heavy (non-hydrogen) atoms. The zero-order chi connectivity index (χ0) is 26.8. The van der Waals surface area contributed by atoms with E-state index in [4.69, 9.17) is 11.6 Å². The second kappa shape index (κ2) is 11.1. The van der Waals surface area contributed by atoms with Crippen LogP contribution in [0.5, 0.6) is 0 Å². The van der Waals surface area contributed by atoms with E-state index in [-0.39, 0.29) is 5.91 Å². The highest BCUT2D eigenvalue weighted by atomic mass is 35.5. The lowest BCUT2D eigenvalue weighted by molar-refractivity contribution is 0.0665. The van der Waals surface area contributed by atoms with Gasteiger partial charge in [0.15, 0.2) is 0 Å². The summed E-state index contributed by atoms with van der Waals surface area (Å²) in [6.07, 6.45) is 8.84. The number of fused-ring (bicyclic) bond motifs is 1. The van der Waals surface area contributed by atoms with Crippen LogP contribution in [-0.4, -0.2) is 63.1 Å². The Morgan fingerprint density at radius 1 is 0.897 bits per heavy atom. The summed E-state index contributed by atoms with van der Waals surface area (Å²) in [6, 6.07) is 22.7. The van der Waals surface area contributed by atoms with Gasteiger partial charge in [-0.3, -0.25) is 4.79 Å². The van der Waals surface area contributed by atoms with Gasteiger partial charge in [-0.15, -0.1) is 0 Å². The lowest BCUT2D eigenvalue weighted by Gasteiger charge is -2.32. The number of benzene rings is 3. The molecular formula is C32H32ClN5O. The number of carbonyl (C=O) groups excluding carboxylic acids is 1.